The lowest BCUT2D eigenvalue weighted by atomic mass is 9.90. The van der Waals surface area contributed by atoms with Crippen molar-refractivity contribution in [2.45, 2.75) is 51.2 Å². The van der Waals surface area contributed by atoms with Gasteiger partial charge in [0.1, 0.15) is 0 Å². The average molecular weight is 214 g/mol. The molecule has 1 heterocycles. The van der Waals surface area contributed by atoms with Crippen LogP contribution in [0.15, 0.2) is 0 Å². The summed E-state index contributed by atoms with van der Waals surface area (Å²) in [7, 11) is 0. The summed E-state index contributed by atoms with van der Waals surface area (Å²) >= 11 is 0. The molecule has 0 radical (unpaired) electrons. The molecule has 2 rings (SSSR count). The van der Waals surface area contributed by atoms with Gasteiger partial charge < -0.3 is 14.6 Å². The molecule has 1 aliphatic carbocycles. The van der Waals surface area contributed by atoms with E-state index in [4.69, 9.17) is 9.47 Å². The smallest absolute Gasteiger partial charge is 0.176 e. The maximum absolute atomic E-state index is 9.48. The van der Waals surface area contributed by atoms with Gasteiger partial charge in [0.2, 0.25) is 0 Å². The lowest BCUT2D eigenvalue weighted by Crippen LogP contribution is -2.43. The number of hydrogen-bond donors (Lipinski definition) is 1. The molecular formula is C12H22O3. The summed E-state index contributed by atoms with van der Waals surface area (Å²) in [6.45, 7) is 3.78. The Morgan fingerprint density at radius 3 is 2.27 bits per heavy atom. The minimum absolute atomic E-state index is 0.0722. The fourth-order valence-corrected chi connectivity index (χ4v) is 2.59. The van der Waals surface area contributed by atoms with Gasteiger partial charge in [0.05, 0.1) is 19.8 Å². The van der Waals surface area contributed by atoms with Crippen LogP contribution < -0.4 is 0 Å². The Balaban J connectivity index is 1.97. The minimum atomic E-state index is -0.447. The van der Waals surface area contributed by atoms with Crippen LogP contribution in [0, 0.1) is 5.41 Å². The number of aliphatic hydroxyl groups excluding tert-OH is 1. The predicted octanol–water partition coefficient (Wildman–Crippen LogP) is 2.08. The molecule has 0 aromatic rings. The maximum Gasteiger partial charge on any atom is 0.176 e. The highest BCUT2D eigenvalue weighted by Gasteiger charge is 2.62. The summed E-state index contributed by atoms with van der Waals surface area (Å²) in [6, 6.07) is 0. The van der Waals surface area contributed by atoms with E-state index in [2.05, 4.69) is 6.92 Å². The third-order valence-corrected chi connectivity index (χ3v) is 3.83. The fourth-order valence-electron chi connectivity index (χ4n) is 2.59. The molecule has 1 N–H and O–H groups in total. The van der Waals surface area contributed by atoms with Crippen LogP contribution in [0.2, 0.25) is 0 Å². The molecule has 0 spiro atoms. The van der Waals surface area contributed by atoms with Crippen LogP contribution in [0.5, 0.6) is 0 Å². The zero-order chi connectivity index (χ0) is 10.8. The van der Waals surface area contributed by atoms with Crippen LogP contribution in [0.3, 0.4) is 0 Å². The molecule has 0 aromatic heterocycles. The van der Waals surface area contributed by atoms with E-state index in [1.54, 1.807) is 0 Å². The van der Waals surface area contributed by atoms with Crippen LogP contribution in [0.4, 0.5) is 0 Å². The third-order valence-electron chi connectivity index (χ3n) is 3.83. The van der Waals surface area contributed by atoms with Crippen LogP contribution in [0.25, 0.3) is 0 Å². The van der Waals surface area contributed by atoms with Gasteiger partial charge in [-0.15, -0.1) is 0 Å². The van der Waals surface area contributed by atoms with Crippen molar-refractivity contribution in [1.82, 2.24) is 0 Å². The van der Waals surface area contributed by atoms with Crippen molar-refractivity contribution < 1.29 is 14.6 Å². The van der Waals surface area contributed by atoms with Gasteiger partial charge in [-0.05, 0) is 19.3 Å². The monoisotopic (exact) mass is 214 g/mol. The SMILES string of the molecule is CCCCCC1(C2(CO)CC2)OCCO1. The van der Waals surface area contributed by atoms with Crippen molar-refractivity contribution in [2.24, 2.45) is 5.41 Å². The molecule has 1 saturated carbocycles. The van der Waals surface area contributed by atoms with Gasteiger partial charge in [-0.25, -0.2) is 0 Å². The first-order chi connectivity index (χ1) is 7.29. The molecule has 3 heteroatoms. The molecule has 2 fully saturated rings. The van der Waals surface area contributed by atoms with Crippen molar-refractivity contribution in [3.63, 3.8) is 0 Å². The van der Waals surface area contributed by atoms with Gasteiger partial charge >= 0.3 is 0 Å². The van der Waals surface area contributed by atoms with Gasteiger partial charge in [-0.1, -0.05) is 19.8 Å². The molecule has 0 amide bonds. The fraction of sp³-hybridized carbons (Fsp3) is 1.00. The summed E-state index contributed by atoms with van der Waals surface area (Å²) in [5.74, 6) is -0.447. The lowest BCUT2D eigenvalue weighted by Gasteiger charge is -2.35. The summed E-state index contributed by atoms with van der Waals surface area (Å²) in [5.41, 5.74) is -0.0722. The van der Waals surface area contributed by atoms with Crippen LogP contribution >= 0.6 is 0 Å². The Morgan fingerprint density at radius 2 is 1.80 bits per heavy atom. The van der Waals surface area contributed by atoms with E-state index >= 15 is 0 Å². The molecular weight excluding hydrogens is 192 g/mol. The number of rotatable bonds is 6. The first-order valence-corrected chi connectivity index (χ1v) is 6.17. The highest BCUT2D eigenvalue weighted by molar-refractivity contribution is 5.05. The number of hydrogen-bond acceptors (Lipinski definition) is 3. The van der Waals surface area contributed by atoms with E-state index in [1.807, 2.05) is 0 Å². The molecule has 15 heavy (non-hydrogen) atoms. The van der Waals surface area contributed by atoms with Gasteiger partial charge in [0.25, 0.3) is 0 Å². The van der Waals surface area contributed by atoms with E-state index < -0.39 is 5.79 Å². The van der Waals surface area contributed by atoms with E-state index in [0.29, 0.717) is 13.2 Å². The van der Waals surface area contributed by atoms with E-state index in [-0.39, 0.29) is 12.0 Å². The Kier molecular flexibility index (Phi) is 3.33. The highest BCUT2D eigenvalue weighted by Crippen LogP contribution is 2.58. The van der Waals surface area contributed by atoms with Gasteiger partial charge in [0, 0.05) is 11.8 Å². The van der Waals surface area contributed by atoms with Crippen LogP contribution in [-0.2, 0) is 9.47 Å². The summed E-state index contributed by atoms with van der Waals surface area (Å²) in [4.78, 5) is 0. The van der Waals surface area contributed by atoms with Crippen molar-refractivity contribution in [3.05, 3.63) is 0 Å². The number of unbranched alkanes of at least 4 members (excludes halogenated alkanes) is 2. The number of aliphatic hydroxyl groups is 1. The second-order valence-electron chi connectivity index (χ2n) is 4.85. The minimum Gasteiger partial charge on any atom is -0.396 e. The summed E-state index contributed by atoms with van der Waals surface area (Å²) in [5, 5.41) is 9.48. The maximum atomic E-state index is 9.48. The molecule has 0 bridgehead atoms. The summed E-state index contributed by atoms with van der Waals surface area (Å²) in [6.07, 6.45) is 6.61. The first kappa shape index (κ1) is 11.4. The zero-order valence-electron chi connectivity index (χ0n) is 9.63. The van der Waals surface area contributed by atoms with E-state index in [9.17, 15) is 5.11 Å². The largest absolute Gasteiger partial charge is 0.396 e. The predicted molar refractivity (Wildman–Crippen MR) is 57.5 cm³/mol. The third kappa shape index (κ3) is 1.93. The van der Waals surface area contributed by atoms with Crippen molar-refractivity contribution >= 4 is 0 Å². The van der Waals surface area contributed by atoms with Crippen LogP contribution in [-0.4, -0.2) is 30.7 Å². The zero-order valence-corrected chi connectivity index (χ0v) is 9.63. The van der Waals surface area contributed by atoms with E-state index in [0.717, 1.165) is 25.7 Å². The van der Waals surface area contributed by atoms with Gasteiger partial charge in [0.15, 0.2) is 5.79 Å². The lowest BCUT2D eigenvalue weighted by molar-refractivity contribution is -0.219. The average Bonchev–Trinajstić information content (AvgIpc) is 2.93. The van der Waals surface area contributed by atoms with Crippen molar-refractivity contribution in [3.8, 4) is 0 Å². The molecule has 88 valence electrons. The summed E-state index contributed by atoms with van der Waals surface area (Å²) < 4.78 is 11.6. The first-order valence-electron chi connectivity index (χ1n) is 6.17. The Labute approximate surface area is 91.8 Å². The molecule has 0 unspecified atom stereocenters. The topological polar surface area (TPSA) is 38.7 Å². The van der Waals surface area contributed by atoms with Gasteiger partial charge in [-0.2, -0.15) is 0 Å². The van der Waals surface area contributed by atoms with Crippen molar-refractivity contribution in [1.29, 1.82) is 0 Å². The highest BCUT2D eigenvalue weighted by atomic mass is 16.7. The molecule has 3 nitrogen and oxygen atoms in total. The number of ether oxygens (including phenoxy) is 2. The van der Waals surface area contributed by atoms with E-state index in [1.165, 1.54) is 12.8 Å². The molecule has 2 aliphatic rings. The Bertz CT molecular complexity index is 205. The van der Waals surface area contributed by atoms with Crippen LogP contribution in [0.1, 0.15) is 45.4 Å². The van der Waals surface area contributed by atoms with Gasteiger partial charge in [-0.3, -0.25) is 0 Å². The standard InChI is InChI=1S/C12H22O3/c1-2-3-4-5-12(14-8-9-15-12)11(10-13)6-7-11/h13H,2-10H2,1H3. The quantitative estimate of drug-likeness (QED) is 0.688. The molecule has 0 aromatic carbocycles. The van der Waals surface area contributed by atoms with Crippen molar-refractivity contribution in [2.75, 3.05) is 19.8 Å². The molecule has 1 saturated heterocycles. The normalized spacial score (nSPS) is 26.8. The Hall–Kier alpha value is -0.120. The second-order valence-corrected chi connectivity index (χ2v) is 4.85. The second kappa shape index (κ2) is 4.40. The molecule has 0 atom stereocenters. The Morgan fingerprint density at radius 1 is 1.13 bits per heavy atom. The molecule has 1 aliphatic heterocycles.